The zero-order chi connectivity index (χ0) is 16.7. The molecule has 0 saturated carbocycles. The van der Waals surface area contributed by atoms with Crippen LogP contribution in [0.15, 0.2) is 49.1 Å². The second-order valence-electron chi connectivity index (χ2n) is 5.51. The SMILES string of the molecule is O=C1C[C@@H](c2cccc(Cl)c2Cl)c2ncn(-c3cccnc3)c2N1. The van der Waals surface area contributed by atoms with Crippen LogP contribution in [0.2, 0.25) is 10.0 Å². The number of nitrogens with zero attached hydrogens (tertiary/aromatic N) is 3. The number of hydrogen-bond acceptors (Lipinski definition) is 3. The van der Waals surface area contributed by atoms with Gasteiger partial charge in [0.1, 0.15) is 12.1 Å². The highest BCUT2D eigenvalue weighted by Gasteiger charge is 2.32. The summed E-state index contributed by atoms with van der Waals surface area (Å²) in [4.78, 5) is 20.9. The largest absolute Gasteiger partial charge is 0.310 e. The van der Waals surface area contributed by atoms with Crippen molar-refractivity contribution in [2.24, 2.45) is 0 Å². The average Bonchev–Trinajstić information content (AvgIpc) is 3.01. The maximum Gasteiger partial charge on any atom is 0.226 e. The van der Waals surface area contributed by atoms with Crippen molar-refractivity contribution in [2.75, 3.05) is 5.32 Å². The van der Waals surface area contributed by atoms with E-state index in [9.17, 15) is 4.79 Å². The van der Waals surface area contributed by atoms with Crippen LogP contribution in [0.5, 0.6) is 0 Å². The molecule has 1 aliphatic rings. The van der Waals surface area contributed by atoms with E-state index in [2.05, 4.69) is 15.3 Å². The van der Waals surface area contributed by atoms with Gasteiger partial charge in [-0.25, -0.2) is 4.98 Å². The van der Waals surface area contributed by atoms with Gasteiger partial charge in [-0.3, -0.25) is 14.3 Å². The number of carbonyl (C=O) groups is 1. The van der Waals surface area contributed by atoms with E-state index in [1.54, 1.807) is 24.8 Å². The van der Waals surface area contributed by atoms with Crippen LogP contribution in [0.25, 0.3) is 5.69 Å². The minimum absolute atomic E-state index is 0.0887. The Balaban J connectivity index is 1.86. The highest BCUT2D eigenvalue weighted by molar-refractivity contribution is 6.42. The molecule has 0 spiro atoms. The zero-order valence-electron chi connectivity index (χ0n) is 12.4. The summed E-state index contributed by atoms with van der Waals surface area (Å²) in [6, 6.07) is 9.17. The zero-order valence-corrected chi connectivity index (χ0v) is 13.9. The lowest BCUT2D eigenvalue weighted by molar-refractivity contribution is -0.116. The lowest BCUT2D eigenvalue weighted by Crippen LogP contribution is -2.25. The first-order valence-electron chi connectivity index (χ1n) is 7.36. The van der Waals surface area contributed by atoms with Gasteiger partial charge in [-0.15, -0.1) is 0 Å². The first-order chi connectivity index (χ1) is 11.6. The number of imidazole rings is 1. The Labute approximate surface area is 148 Å². The predicted molar refractivity (Wildman–Crippen MR) is 92.9 cm³/mol. The normalized spacial score (nSPS) is 16.6. The molecule has 1 atom stereocenters. The van der Waals surface area contributed by atoms with E-state index < -0.39 is 0 Å². The number of rotatable bonds is 2. The summed E-state index contributed by atoms with van der Waals surface area (Å²) < 4.78 is 1.81. The molecule has 24 heavy (non-hydrogen) atoms. The van der Waals surface area contributed by atoms with Crippen LogP contribution in [0.4, 0.5) is 5.82 Å². The van der Waals surface area contributed by atoms with Crippen molar-refractivity contribution in [3.63, 3.8) is 0 Å². The Hall–Kier alpha value is -2.37. The summed E-state index contributed by atoms with van der Waals surface area (Å²) in [6.45, 7) is 0. The molecule has 4 rings (SSSR count). The maximum absolute atomic E-state index is 12.2. The second kappa shape index (κ2) is 5.92. The monoisotopic (exact) mass is 358 g/mol. The number of pyridine rings is 1. The van der Waals surface area contributed by atoms with Crippen molar-refractivity contribution in [3.05, 3.63) is 70.4 Å². The molecule has 0 radical (unpaired) electrons. The third kappa shape index (κ3) is 2.46. The van der Waals surface area contributed by atoms with E-state index in [0.29, 0.717) is 15.9 Å². The molecule has 0 unspecified atom stereocenters. The summed E-state index contributed by atoms with van der Waals surface area (Å²) in [6.07, 6.45) is 5.36. The molecule has 3 aromatic rings. The second-order valence-corrected chi connectivity index (χ2v) is 6.29. The molecule has 2 aromatic heterocycles. The molecule has 1 aromatic carbocycles. The van der Waals surface area contributed by atoms with Crippen LogP contribution >= 0.6 is 23.2 Å². The Morgan fingerprint density at radius 1 is 1.21 bits per heavy atom. The molecule has 0 saturated heterocycles. The fourth-order valence-electron chi connectivity index (χ4n) is 2.95. The van der Waals surface area contributed by atoms with Crippen molar-refractivity contribution in [3.8, 4) is 5.69 Å². The summed E-state index contributed by atoms with van der Waals surface area (Å²) >= 11 is 12.5. The summed E-state index contributed by atoms with van der Waals surface area (Å²) in [5.74, 6) is 0.312. The van der Waals surface area contributed by atoms with E-state index >= 15 is 0 Å². The standard InChI is InChI=1S/C17H12Cl2N4O/c18-13-5-1-4-11(15(13)19)12-7-14(24)22-17-16(12)21-9-23(17)10-3-2-6-20-8-10/h1-6,8-9,12H,7H2,(H,22,24)/t12-/m0/s1. The van der Waals surface area contributed by atoms with Gasteiger partial charge < -0.3 is 5.32 Å². The molecule has 7 heteroatoms. The van der Waals surface area contributed by atoms with Crippen LogP contribution < -0.4 is 5.32 Å². The molecule has 1 amide bonds. The third-order valence-corrected chi connectivity index (χ3v) is 4.89. The Bertz CT molecular complexity index is 924. The molecule has 3 heterocycles. The van der Waals surface area contributed by atoms with Crippen molar-refractivity contribution in [2.45, 2.75) is 12.3 Å². The molecule has 0 fully saturated rings. The van der Waals surface area contributed by atoms with E-state index in [1.807, 2.05) is 28.8 Å². The molecule has 1 N–H and O–H groups in total. The Morgan fingerprint density at radius 2 is 2.08 bits per heavy atom. The fraction of sp³-hybridized carbons (Fsp3) is 0.118. The van der Waals surface area contributed by atoms with Gasteiger partial charge in [0.05, 0.1) is 27.6 Å². The van der Waals surface area contributed by atoms with Gasteiger partial charge in [0.25, 0.3) is 0 Å². The van der Waals surface area contributed by atoms with Crippen LogP contribution in [0, 0.1) is 0 Å². The molecule has 0 bridgehead atoms. The fourth-order valence-corrected chi connectivity index (χ4v) is 3.39. The van der Waals surface area contributed by atoms with Gasteiger partial charge in [0.15, 0.2) is 0 Å². The lowest BCUT2D eigenvalue weighted by Gasteiger charge is -2.24. The first-order valence-corrected chi connectivity index (χ1v) is 8.12. The summed E-state index contributed by atoms with van der Waals surface area (Å²) in [7, 11) is 0. The topological polar surface area (TPSA) is 59.8 Å². The third-order valence-electron chi connectivity index (χ3n) is 4.05. The van der Waals surface area contributed by atoms with Crippen molar-refractivity contribution < 1.29 is 4.79 Å². The van der Waals surface area contributed by atoms with Crippen LogP contribution in [0.3, 0.4) is 0 Å². The quantitative estimate of drug-likeness (QED) is 0.751. The summed E-state index contributed by atoms with van der Waals surface area (Å²) in [5, 5.41) is 3.82. The van der Waals surface area contributed by atoms with E-state index in [4.69, 9.17) is 23.2 Å². The van der Waals surface area contributed by atoms with Crippen LogP contribution in [0.1, 0.15) is 23.6 Å². The van der Waals surface area contributed by atoms with Gasteiger partial charge in [0, 0.05) is 18.5 Å². The Kier molecular flexibility index (Phi) is 3.75. The van der Waals surface area contributed by atoms with Gasteiger partial charge in [-0.2, -0.15) is 0 Å². The number of aromatic nitrogens is 3. The number of halogens is 2. The van der Waals surface area contributed by atoms with E-state index in [1.165, 1.54) is 0 Å². The van der Waals surface area contributed by atoms with Gasteiger partial charge >= 0.3 is 0 Å². The van der Waals surface area contributed by atoms with Crippen molar-refractivity contribution in [1.29, 1.82) is 0 Å². The smallest absolute Gasteiger partial charge is 0.226 e. The van der Waals surface area contributed by atoms with E-state index in [0.717, 1.165) is 16.9 Å². The Morgan fingerprint density at radius 3 is 2.88 bits per heavy atom. The number of amides is 1. The molecular weight excluding hydrogens is 347 g/mol. The number of anilines is 1. The first kappa shape index (κ1) is 15.2. The van der Waals surface area contributed by atoms with Crippen molar-refractivity contribution in [1.82, 2.24) is 14.5 Å². The number of carbonyl (C=O) groups excluding carboxylic acids is 1. The van der Waals surface area contributed by atoms with Crippen molar-refractivity contribution >= 4 is 34.9 Å². The lowest BCUT2D eigenvalue weighted by atomic mass is 9.90. The highest BCUT2D eigenvalue weighted by atomic mass is 35.5. The van der Waals surface area contributed by atoms with Gasteiger partial charge in [-0.05, 0) is 23.8 Å². The maximum atomic E-state index is 12.2. The average molecular weight is 359 g/mol. The van der Waals surface area contributed by atoms with Crippen LogP contribution in [-0.2, 0) is 4.79 Å². The molecule has 5 nitrogen and oxygen atoms in total. The number of benzene rings is 1. The molecule has 1 aliphatic heterocycles. The molecule has 0 aliphatic carbocycles. The minimum atomic E-state index is -0.238. The number of hydrogen-bond donors (Lipinski definition) is 1. The van der Waals surface area contributed by atoms with E-state index in [-0.39, 0.29) is 18.2 Å². The highest BCUT2D eigenvalue weighted by Crippen LogP contribution is 2.41. The predicted octanol–water partition coefficient (Wildman–Crippen LogP) is 4.05. The number of nitrogens with one attached hydrogen (secondary N) is 1. The number of fused-ring (bicyclic) bond motifs is 1. The van der Waals surface area contributed by atoms with Gasteiger partial charge in [0.2, 0.25) is 5.91 Å². The van der Waals surface area contributed by atoms with Gasteiger partial charge in [-0.1, -0.05) is 35.3 Å². The van der Waals surface area contributed by atoms with Crippen LogP contribution in [-0.4, -0.2) is 20.4 Å². The molecule has 120 valence electrons. The summed E-state index contributed by atoms with van der Waals surface area (Å²) in [5.41, 5.74) is 2.39. The minimum Gasteiger partial charge on any atom is -0.310 e. The molecular formula is C17H12Cl2N4O.